The Kier molecular flexibility index (Phi) is 4.06. The van der Waals surface area contributed by atoms with Crippen LogP contribution in [0, 0.1) is 0 Å². The molecule has 1 aliphatic rings. The van der Waals surface area contributed by atoms with Crippen molar-refractivity contribution in [3.05, 3.63) is 20.8 Å². The van der Waals surface area contributed by atoms with Crippen molar-refractivity contribution >= 4 is 27.3 Å². The van der Waals surface area contributed by atoms with Crippen molar-refractivity contribution in [1.29, 1.82) is 0 Å². The van der Waals surface area contributed by atoms with Gasteiger partial charge in [-0.15, -0.1) is 11.3 Å². The summed E-state index contributed by atoms with van der Waals surface area (Å²) in [4.78, 5) is 1.37. The van der Waals surface area contributed by atoms with E-state index in [1.807, 2.05) is 0 Å². The van der Waals surface area contributed by atoms with Crippen LogP contribution in [0.2, 0.25) is 0 Å². The topological polar surface area (TPSA) is 21.3 Å². The predicted molar refractivity (Wildman–Crippen MR) is 72.0 cm³/mol. The molecule has 0 bridgehead atoms. The second kappa shape index (κ2) is 5.17. The van der Waals surface area contributed by atoms with Gasteiger partial charge in [0.05, 0.1) is 9.39 Å². The van der Waals surface area contributed by atoms with Crippen LogP contribution in [0.1, 0.15) is 37.6 Å². The zero-order valence-corrected chi connectivity index (χ0v) is 12.2. The van der Waals surface area contributed by atoms with E-state index in [-0.39, 0.29) is 5.60 Å². The summed E-state index contributed by atoms with van der Waals surface area (Å²) < 4.78 is 6.96. The molecular weight excluding hydrogens is 286 g/mol. The first-order valence-electron chi connectivity index (χ1n) is 5.72. The Morgan fingerprint density at radius 3 is 3.00 bits per heavy atom. The molecule has 90 valence electrons. The van der Waals surface area contributed by atoms with E-state index in [1.54, 1.807) is 11.3 Å². The third-order valence-corrected chi connectivity index (χ3v) is 4.91. The highest BCUT2D eigenvalue weighted by Gasteiger charge is 2.29. The zero-order valence-electron chi connectivity index (χ0n) is 9.75. The van der Waals surface area contributed by atoms with E-state index in [0.717, 1.165) is 13.2 Å². The van der Waals surface area contributed by atoms with Gasteiger partial charge in [-0.25, -0.2) is 0 Å². The standard InChI is InChI=1S/C12H18BrNOS/c1-9(10-4-5-11(13)16-10)14-8-12(2)6-3-7-15-12/h4-5,9,14H,3,6-8H2,1-2H3. The molecule has 2 unspecified atom stereocenters. The molecule has 0 aromatic carbocycles. The minimum Gasteiger partial charge on any atom is -0.374 e. The Bertz CT molecular complexity index is 347. The molecule has 0 spiro atoms. The average Bonchev–Trinajstić information content (AvgIpc) is 2.85. The Morgan fingerprint density at radius 2 is 2.44 bits per heavy atom. The normalized spacial score (nSPS) is 27.2. The summed E-state index contributed by atoms with van der Waals surface area (Å²) in [6.07, 6.45) is 2.36. The van der Waals surface area contributed by atoms with Crippen LogP contribution in [-0.4, -0.2) is 18.8 Å². The lowest BCUT2D eigenvalue weighted by Crippen LogP contribution is -2.38. The van der Waals surface area contributed by atoms with Crippen LogP contribution in [0.5, 0.6) is 0 Å². The smallest absolute Gasteiger partial charge is 0.0779 e. The van der Waals surface area contributed by atoms with Crippen molar-refractivity contribution in [3.8, 4) is 0 Å². The predicted octanol–water partition coefficient (Wildman–Crippen LogP) is 3.73. The van der Waals surface area contributed by atoms with Gasteiger partial charge in [-0.1, -0.05) is 0 Å². The molecule has 1 aliphatic heterocycles. The number of ether oxygens (including phenoxy) is 1. The van der Waals surface area contributed by atoms with E-state index < -0.39 is 0 Å². The molecule has 0 saturated carbocycles. The summed E-state index contributed by atoms with van der Waals surface area (Å²) in [5.41, 5.74) is 0.0444. The van der Waals surface area contributed by atoms with Gasteiger partial charge in [-0.05, 0) is 54.8 Å². The first-order chi connectivity index (χ1) is 7.59. The first kappa shape index (κ1) is 12.6. The lowest BCUT2D eigenvalue weighted by Gasteiger charge is -2.25. The summed E-state index contributed by atoms with van der Waals surface area (Å²) in [6.45, 7) is 6.25. The van der Waals surface area contributed by atoms with Crippen molar-refractivity contribution in [1.82, 2.24) is 5.32 Å². The van der Waals surface area contributed by atoms with Gasteiger partial charge in [0.25, 0.3) is 0 Å². The van der Waals surface area contributed by atoms with Crippen LogP contribution in [0.4, 0.5) is 0 Å². The molecule has 1 aromatic rings. The Balaban J connectivity index is 1.86. The van der Waals surface area contributed by atoms with Gasteiger partial charge in [0.1, 0.15) is 0 Å². The number of rotatable bonds is 4. The molecule has 2 rings (SSSR count). The Labute approximate surface area is 110 Å². The molecule has 1 fully saturated rings. The fraction of sp³-hybridized carbons (Fsp3) is 0.667. The molecule has 2 heterocycles. The monoisotopic (exact) mass is 303 g/mol. The largest absolute Gasteiger partial charge is 0.374 e. The molecular formula is C12H18BrNOS. The van der Waals surface area contributed by atoms with E-state index in [4.69, 9.17) is 4.74 Å². The summed E-state index contributed by atoms with van der Waals surface area (Å²) in [5.74, 6) is 0. The molecule has 0 amide bonds. The van der Waals surface area contributed by atoms with E-state index in [9.17, 15) is 0 Å². The molecule has 1 N–H and O–H groups in total. The molecule has 0 radical (unpaired) electrons. The van der Waals surface area contributed by atoms with Gasteiger partial charge in [-0.3, -0.25) is 0 Å². The molecule has 0 aliphatic carbocycles. The highest BCUT2D eigenvalue weighted by molar-refractivity contribution is 9.11. The van der Waals surface area contributed by atoms with Crippen molar-refractivity contribution in [2.24, 2.45) is 0 Å². The molecule has 16 heavy (non-hydrogen) atoms. The quantitative estimate of drug-likeness (QED) is 0.915. The van der Waals surface area contributed by atoms with Crippen molar-refractivity contribution in [3.63, 3.8) is 0 Å². The number of halogens is 1. The van der Waals surface area contributed by atoms with Crippen LogP contribution in [0.15, 0.2) is 15.9 Å². The van der Waals surface area contributed by atoms with Crippen molar-refractivity contribution in [2.75, 3.05) is 13.2 Å². The molecule has 2 atom stereocenters. The molecule has 4 heteroatoms. The zero-order chi connectivity index (χ0) is 11.6. The second-order valence-electron chi connectivity index (χ2n) is 4.65. The SMILES string of the molecule is CC(NCC1(C)CCCO1)c1ccc(Br)s1. The number of hydrogen-bond donors (Lipinski definition) is 1. The number of thiophene rings is 1. The minimum atomic E-state index is 0.0444. The average molecular weight is 304 g/mol. The van der Waals surface area contributed by atoms with E-state index in [0.29, 0.717) is 6.04 Å². The van der Waals surface area contributed by atoms with E-state index in [2.05, 4.69) is 47.2 Å². The maximum absolute atomic E-state index is 5.76. The summed E-state index contributed by atoms with van der Waals surface area (Å²) in [5, 5.41) is 3.56. The van der Waals surface area contributed by atoms with Gasteiger partial charge in [0.15, 0.2) is 0 Å². The highest BCUT2D eigenvalue weighted by atomic mass is 79.9. The van der Waals surface area contributed by atoms with Crippen LogP contribution in [0.25, 0.3) is 0 Å². The molecule has 1 saturated heterocycles. The Morgan fingerprint density at radius 1 is 1.62 bits per heavy atom. The number of hydrogen-bond acceptors (Lipinski definition) is 3. The summed E-state index contributed by atoms with van der Waals surface area (Å²) in [6, 6.07) is 4.67. The van der Waals surface area contributed by atoms with Gasteiger partial charge in [0.2, 0.25) is 0 Å². The third kappa shape index (κ3) is 3.06. The van der Waals surface area contributed by atoms with Gasteiger partial charge in [-0.2, -0.15) is 0 Å². The molecule has 2 nitrogen and oxygen atoms in total. The first-order valence-corrected chi connectivity index (χ1v) is 7.33. The van der Waals surface area contributed by atoms with Gasteiger partial charge in [0, 0.05) is 24.1 Å². The van der Waals surface area contributed by atoms with Crippen LogP contribution < -0.4 is 5.32 Å². The number of nitrogens with one attached hydrogen (secondary N) is 1. The lowest BCUT2D eigenvalue weighted by atomic mass is 10.0. The maximum Gasteiger partial charge on any atom is 0.0779 e. The van der Waals surface area contributed by atoms with Crippen LogP contribution >= 0.6 is 27.3 Å². The highest BCUT2D eigenvalue weighted by Crippen LogP contribution is 2.29. The summed E-state index contributed by atoms with van der Waals surface area (Å²) >= 11 is 5.29. The van der Waals surface area contributed by atoms with E-state index >= 15 is 0 Å². The maximum atomic E-state index is 5.76. The second-order valence-corrected chi connectivity index (χ2v) is 7.14. The third-order valence-electron chi connectivity index (χ3n) is 3.10. The van der Waals surface area contributed by atoms with Gasteiger partial charge < -0.3 is 10.1 Å². The van der Waals surface area contributed by atoms with Crippen molar-refractivity contribution in [2.45, 2.75) is 38.3 Å². The molecule has 1 aromatic heterocycles. The Hall–Kier alpha value is 0.1000. The fourth-order valence-electron chi connectivity index (χ4n) is 2.01. The van der Waals surface area contributed by atoms with E-state index in [1.165, 1.54) is 21.5 Å². The lowest BCUT2D eigenvalue weighted by molar-refractivity contribution is 0.0192. The van der Waals surface area contributed by atoms with Gasteiger partial charge >= 0.3 is 0 Å². The summed E-state index contributed by atoms with van der Waals surface area (Å²) in [7, 11) is 0. The minimum absolute atomic E-state index is 0.0444. The fourth-order valence-corrected chi connectivity index (χ4v) is 3.46. The van der Waals surface area contributed by atoms with Crippen molar-refractivity contribution < 1.29 is 4.74 Å². The van der Waals surface area contributed by atoms with Crippen LogP contribution in [0.3, 0.4) is 0 Å². The van der Waals surface area contributed by atoms with Crippen LogP contribution in [-0.2, 0) is 4.74 Å².